The van der Waals surface area contributed by atoms with Gasteiger partial charge in [-0.3, -0.25) is 0 Å². The Bertz CT molecular complexity index is 561. The molecule has 0 spiro atoms. The quantitative estimate of drug-likeness (QED) is 0.637. The van der Waals surface area contributed by atoms with E-state index < -0.39 is 6.09 Å². The van der Waals surface area contributed by atoms with Crippen molar-refractivity contribution in [1.29, 1.82) is 0 Å². The van der Waals surface area contributed by atoms with Crippen LogP contribution < -0.4 is 0 Å². The molecule has 1 amide bonds. The summed E-state index contributed by atoms with van der Waals surface area (Å²) < 4.78 is 4.64. The van der Waals surface area contributed by atoms with Gasteiger partial charge in [0.2, 0.25) is 0 Å². The van der Waals surface area contributed by atoms with Gasteiger partial charge >= 0.3 is 12.1 Å². The molecule has 0 unspecified atom stereocenters. The third kappa shape index (κ3) is 3.52. The highest BCUT2D eigenvalue weighted by Crippen LogP contribution is 2.19. The van der Waals surface area contributed by atoms with Crippen LogP contribution in [0.25, 0.3) is 0 Å². The van der Waals surface area contributed by atoms with Crippen molar-refractivity contribution >= 4 is 23.4 Å². The second kappa shape index (κ2) is 6.44. The fraction of sp³-hybridized carbons (Fsp3) is 0.429. The number of esters is 1. The minimum Gasteiger partial charge on any atom is -0.465 e. The summed E-state index contributed by atoms with van der Waals surface area (Å²) in [4.78, 5) is 24.9. The smallest absolute Gasteiger partial charge is 0.407 e. The minimum absolute atomic E-state index is 0.217. The normalized spacial score (nSPS) is 15.3. The zero-order valence-electron chi connectivity index (χ0n) is 11.1. The topological polar surface area (TPSA) is 66.8 Å². The largest absolute Gasteiger partial charge is 0.465 e. The molecule has 0 aliphatic carbocycles. The van der Waals surface area contributed by atoms with Crippen LogP contribution >= 0.6 is 11.3 Å². The predicted molar refractivity (Wildman–Crippen MR) is 74.9 cm³/mol. The van der Waals surface area contributed by atoms with E-state index in [-0.39, 0.29) is 11.9 Å². The fourth-order valence-corrected chi connectivity index (χ4v) is 2.79. The Morgan fingerprint density at radius 2 is 2.10 bits per heavy atom. The number of rotatable bonds is 1. The molecule has 1 aliphatic rings. The van der Waals surface area contributed by atoms with Crippen LogP contribution in [0.1, 0.15) is 27.4 Å². The Labute approximate surface area is 121 Å². The van der Waals surface area contributed by atoms with E-state index in [9.17, 15) is 9.59 Å². The number of hydrogen-bond donors (Lipinski definition) is 1. The van der Waals surface area contributed by atoms with E-state index >= 15 is 0 Å². The van der Waals surface area contributed by atoms with E-state index in [1.54, 1.807) is 12.1 Å². The number of carbonyl (C=O) groups is 2. The van der Waals surface area contributed by atoms with Gasteiger partial charge in [-0.2, -0.15) is 0 Å². The Morgan fingerprint density at radius 1 is 1.40 bits per heavy atom. The van der Waals surface area contributed by atoms with Gasteiger partial charge in [0.05, 0.1) is 12.0 Å². The molecular weight excluding hydrogens is 278 g/mol. The lowest BCUT2D eigenvalue weighted by molar-refractivity contribution is 0.0606. The summed E-state index contributed by atoms with van der Waals surface area (Å²) in [5, 5.41) is 8.86. The minimum atomic E-state index is -0.864. The molecule has 2 heterocycles. The van der Waals surface area contributed by atoms with Crippen LogP contribution in [-0.4, -0.2) is 42.3 Å². The molecule has 106 valence electrons. The Balaban J connectivity index is 1.93. The summed E-state index contributed by atoms with van der Waals surface area (Å²) in [6, 6.07) is 3.50. The van der Waals surface area contributed by atoms with E-state index in [2.05, 4.69) is 16.6 Å². The van der Waals surface area contributed by atoms with Crippen molar-refractivity contribution in [2.75, 3.05) is 20.2 Å². The molecule has 0 saturated carbocycles. The zero-order chi connectivity index (χ0) is 14.5. The van der Waals surface area contributed by atoms with Crippen molar-refractivity contribution in [2.45, 2.75) is 12.8 Å². The number of piperidine rings is 1. The van der Waals surface area contributed by atoms with E-state index in [1.165, 1.54) is 23.3 Å². The first-order valence-corrected chi connectivity index (χ1v) is 7.09. The number of hydrogen-bond acceptors (Lipinski definition) is 4. The van der Waals surface area contributed by atoms with Gasteiger partial charge in [-0.1, -0.05) is 11.8 Å². The molecule has 1 fully saturated rings. The van der Waals surface area contributed by atoms with Gasteiger partial charge in [0.25, 0.3) is 0 Å². The van der Waals surface area contributed by atoms with Gasteiger partial charge in [-0.15, -0.1) is 11.3 Å². The maximum atomic E-state index is 11.3. The third-order valence-corrected chi connectivity index (χ3v) is 4.14. The van der Waals surface area contributed by atoms with E-state index in [4.69, 9.17) is 5.11 Å². The average Bonchev–Trinajstić information content (AvgIpc) is 2.93. The van der Waals surface area contributed by atoms with Crippen LogP contribution in [0.3, 0.4) is 0 Å². The predicted octanol–water partition coefficient (Wildman–Crippen LogP) is 2.28. The van der Waals surface area contributed by atoms with Crippen molar-refractivity contribution in [2.24, 2.45) is 5.92 Å². The van der Waals surface area contributed by atoms with Crippen molar-refractivity contribution in [3.63, 3.8) is 0 Å². The molecule has 0 aromatic carbocycles. The molecule has 1 saturated heterocycles. The van der Waals surface area contributed by atoms with Crippen molar-refractivity contribution in [3.05, 3.63) is 21.9 Å². The molecule has 0 bridgehead atoms. The number of methoxy groups -OCH3 is 1. The second-order valence-electron chi connectivity index (χ2n) is 4.47. The van der Waals surface area contributed by atoms with Crippen LogP contribution in [0, 0.1) is 17.8 Å². The average molecular weight is 293 g/mol. The van der Waals surface area contributed by atoms with Gasteiger partial charge in [0.15, 0.2) is 0 Å². The first-order valence-electron chi connectivity index (χ1n) is 6.27. The first kappa shape index (κ1) is 14.4. The number of thiophene rings is 1. The van der Waals surface area contributed by atoms with Crippen LogP contribution in [0.2, 0.25) is 0 Å². The number of amides is 1. The maximum absolute atomic E-state index is 11.3. The zero-order valence-corrected chi connectivity index (χ0v) is 11.9. The maximum Gasteiger partial charge on any atom is 0.407 e. The number of carbonyl (C=O) groups excluding carboxylic acids is 1. The number of nitrogens with zero attached hydrogens (tertiary/aromatic N) is 1. The molecule has 20 heavy (non-hydrogen) atoms. The van der Waals surface area contributed by atoms with E-state index in [1.807, 2.05) is 0 Å². The van der Waals surface area contributed by atoms with Crippen LogP contribution in [0.5, 0.6) is 0 Å². The summed E-state index contributed by atoms with van der Waals surface area (Å²) >= 11 is 1.31. The summed E-state index contributed by atoms with van der Waals surface area (Å²) in [5.41, 5.74) is 0. The monoisotopic (exact) mass is 293 g/mol. The van der Waals surface area contributed by atoms with Crippen molar-refractivity contribution in [1.82, 2.24) is 4.90 Å². The fourth-order valence-electron chi connectivity index (χ4n) is 2.00. The van der Waals surface area contributed by atoms with Gasteiger partial charge in [0.1, 0.15) is 4.88 Å². The highest BCUT2D eigenvalue weighted by Gasteiger charge is 2.20. The first-order chi connectivity index (χ1) is 9.60. The molecule has 2 rings (SSSR count). The number of ether oxygens (including phenoxy) is 1. The Hall–Kier alpha value is -2.00. The molecule has 1 N–H and O–H groups in total. The molecule has 6 heteroatoms. The number of likely N-dealkylation sites (tertiary alicyclic amines) is 1. The highest BCUT2D eigenvalue weighted by atomic mass is 32.1. The van der Waals surface area contributed by atoms with Gasteiger partial charge in [0, 0.05) is 19.0 Å². The Morgan fingerprint density at radius 3 is 2.70 bits per heavy atom. The van der Waals surface area contributed by atoms with E-state index in [0.29, 0.717) is 18.0 Å². The summed E-state index contributed by atoms with van der Waals surface area (Å²) in [7, 11) is 1.35. The molecule has 0 atom stereocenters. The second-order valence-corrected chi connectivity index (χ2v) is 5.55. The summed E-state index contributed by atoms with van der Waals surface area (Å²) in [6.07, 6.45) is 0.653. The van der Waals surface area contributed by atoms with Gasteiger partial charge in [-0.05, 0) is 25.0 Å². The van der Waals surface area contributed by atoms with E-state index in [0.717, 1.165) is 17.7 Å². The lowest BCUT2D eigenvalue weighted by Crippen LogP contribution is -2.37. The lowest BCUT2D eigenvalue weighted by atomic mass is 9.98. The summed E-state index contributed by atoms with van der Waals surface area (Å²) in [5.74, 6) is 6.08. The van der Waals surface area contributed by atoms with Crippen LogP contribution in [-0.2, 0) is 4.74 Å². The lowest BCUT2D eigenvalue weighted by Gasteiger charge is -2.27. The molecule has 5 nitrogen and oxygen atoms in total. The third-order valence-electron chi connectivity index (χ3n) is 3.16. The molecule has 1 aromatic heterocycles. The van der Waals surface area contributed by atoms with Crippen molar-refractivity contribution < 1.29 is 19.4 Å². The highest BCUT2D eigenvalue weighted by molar-refractivity contribution is 7.14. The SMILES string of the molecule is COC(=O)c1ccc(C#CC2CCN(C(=O)O)CC2)s1. The number of carboxylic acid groups (broad SMARTS) is 1. The van der Waals surface area contributed by atoms with Crippen LogP contribution in [0.4, 0.5) is 4.79 Å². The molecule has 1 aromatic rings. The standard InChI is InChI=1S/C14H15NO4S/c1-19-13(16)12-5-4-11(20-12)3-2-10-6-8-15(9-7-10)14(17)18/h4-5,10H,6-9H2,1H3,(H,17,18). The molecular formula is C14H15NO4S. The van der Waals surface area contributed by atoms with Crippen molar-refractivity contribution in [3.8, 4) is 11.8 Å². The van der Waals surface area contributed by atoms with Gasteiger partial charge in [-0.25, -0.2) is 9.59 Å². The Kier molecular flexibility index (Phi) is 4.64. The molecule has 0 radical (unpaired) electrons. The molecule has 1 aliphatic heterocycles. The van der Waals surface area contributed by atoms with Gasteiger partial charge < -0.3 is 14.7 Å². The summed E-state index contributed by atoms with van der Waals surface area (Å²) in [6.45, 7) is 1.07. The van der Waals surface area contributed by atoms with Crippen LogP contribution in [0.15, 0.2) is 12.1 Å².